The number of rotatable bonds is 25. The topological polar surface area (TPSA) is 363 Å². The fourth-order valence-electron chi connectivity index (χ4n) is 8.48. The van der Waals surface area contributed by atoms with Gasteiger partial charge in [0, 0.05) is 49.3 Å². The van der Waals surface area contributed by atoms with Crippen molar-refractivity contribution in [3.8, 4) is 0 Å². The Morgan fingerprint density at radius 1 is 0.932 bits per heavy atom. The number of phosphoric acid groups is 3. The molecule has 0 aliphatic carbocycles. The molecule has 2 aromatic rings. The number of hydrogen-bond acceptors (Lipinski definition) is 16. The van der Waals surface area contributed by atoms with E-state index in [0.29, 0.717) is 24.0 Å². The number of aliphatic imine (C=N–C) groups is 2. The number of aliphatic carboxylic acids is 1. The van der Waals surface area contributed by atoms with E-state index in [-0.39, 0.29) is 41.7 Å². The molecule has 1 saturated heterocycles. The molecule has 0 spiro atoms. The van der Waals surface area contributed by atoms with Crippen LogP contribution in [-0.4, -0.2) is 111 Å². The molecule has 2 aromatic heterocycles. The Bertz CT molecular complexity index is 2920. The van der Waals surface area contributed by atoms with Crippen molar-refractivity contribution in [3.63, 3.8) is 0 Å². The molecule has 9 N–H and O–H groups in total. The third-order valence-electron chi connectivity index (χ3n) is 12.4. The third-order valence-corrected chi connectivity index (χ3v) is 16.2. The quantitative estimate of drug-likeness (QED) is 0.0388. The Morgan fingerprint density at radius 3 is 2.38 bits per heavy atom. The zero-order chi connectivity index (χ0) is 53.5. The summed E-state index contributed by atoms with van der Waals surface area (Å²) in [7, 11) is -17.1. The molecular formula is C45H61N7O18P3+. The van der Waals surface area contributed by atoms with Crippen molar-refractivity contribution in [1.29, 1.82) is 0 Å². The molecule has 1 fully saturated rings. The molecule has 4 aliphatic rings. The van der Waals surface area contributed by atoms with Gasteiger partial charge in [-0.2, -0.15) is 8.62 Å². The summed E-state index contributed by atoms with van der Waals surface area (Å²) in [5.41, 5.74) is 1.36. The van der Waals surface area contributed by atoms with Crippen molar-refractivity contribution >= 4 is 58.8 Å². The number of aliphatic hydroxyl groups is 2. The first-order valence-corrected chi connectivity index (χ1v) is 27.8. The van der Waals surface area contributed by atoms with Gasteiger partial charge in [-0.05, 0) is 81.3 Å². The Balaban J connectivity index is 0.963. The highest BCUT2D eigenvalue weighted by Crippen LogP contribution is 2.66. The van der Waals surface area contributed by atoms with E-state index in [0.717, 1.165) is 72.6 Å². The molecule has 0 radical (unpaired) electrons. The van der Waals surface area contributed by atoms with E-state index in [1.807, 2.05) is 47.8 Å². The highest BCUT2D eigenvalue weighted by Gasteiger charge is 2.47. The minimum absolute atomic E-state index is 0.00795. The standard InChI is InChI=1S/C45H60N7O18P3/c1-44(2)30-16-13-25-50(39(30)47-33(44)18-11-19-34-45(3,4)31-17-14-26-51(40(31)48-34)24-10-6-8-21-36(54)55)23-9-5-7-20-35(53)46-22-12-15-29-27-52(43(59)49-41(29)58)42-38(57)37(56)32(68-42)28-67-72(63,64)70-73(65,66)69-71(60,61)62/h11-19,25-27,32,37-38,42,56-57H,5-10,20-24,28H2,1-4H3,(H6-,46,49,53,54,55,58,59,60,61,62,63,64,65,66)/p+1/b15-12+/t32-,37+,38?,42-/m1/s1. The summed E-state index contributed by atoms with van der Waals surface area (Å²) in [6.45, 7) is 8.92. The number of aryl methyl sites for hydroxylation is 1. The average Bonchev–Trinajstić information content (AvgIpc) is 3.83. The first-order chi connectivity index (χ1) is 34.2. The summed E-state index contributed by atoms with van der Waals surface area (Å²) in [6.07, 6.45) is 15.6. The van der Waals surface area contributed by atoms with Crippen molar-refractivity contribution in [3.05, 3.63) is 110 Å². The van der Waals surface area contributed by atoms with Crippen LogP contribution in [0.3, 0.4) is 0 Å². The number of amidine groups is 1. The van der Waals surface area contributed by atoms with Crippen LogP contribution in [0.25, 0.3) is 6.08 Å². The second-order valence-electron chi connectivity index (χ2n) is 18.6. The molecule has 0 bridgehead atoms. The number of phosphoric ester groups is 1. The van der Waals surface area contributed by atoms with Crippen molar-refractivity contribution in [2.45, 2.75) is 116 Å². The van der Waals surface area contributed by atoms with E-state index >= 15 is 0 Å². The predicted octanol–water partition coefficient (Wildman–Crippen LogP) is 3.82. The Labute approximate surface area is 419 Å². The van der Waals surface area contributed by atoms with Gasteiger partial charge in [0.05, 0.1) is 41.6 Å². The largest absolute Gasteiger partial charge is 0.490 e. The maximum Gasteiger partial charge on any atom is 0.490 e. The molecule has 3 unspecified atom stereocenters. The molecule has 73 heavy (non-hydrogen) atoms. The fourth-order valence-corrected chi connectivity index (χ4v) is 11.5. The molecule has 6 atom stereocenters. The highest BCUT2D eigenvalue weighted by molar-refractivity contribution is 7.66. The van der Waals surface area contributed by atoms with Crippen LogP contribution >= 0.6 is 23.5 Å². The van der Waals surface area contributed by atoms with Gasteiger partial charge in [-0.3, -0.25) is 28.5 Å². The lowest BCUT2D eigenvalue weighted by Gasteiger charge is -2.28. The average molecular weight is 1080 g/mol. The first kappa shape index (κ1) is 57.2. The molecule has 1 amide bonds. The summed E-state index contributed by atoms with van der Waals surface area (Å²) in [5.74, 6) is 0.777. The van der Waals surface area contributed by atoms with E-state index < -0.39 is 71.8 Å². The fraction of sp³-hybridized carbons (Fsp3) is 0.489. The summed E-state index contributed by atoms with van der Waals surface area (Å²) < 4.78 is 54.5. The van der Waals surface area contributed by atoms with E-state index in [4.69, 9.17) is 29.6 Å². The molecule has 6 heterocycles. The molecule has 4 aliphatic heterocycles. The number of carboxylic acids is 1. The van der Waals surface area contributed by atoms with Gasteiger partial charge in [-0.15, -0.1) is 0 Å². The molecule has 25 nitrogen and oxygen atoms in total. The maximum atomic E-state index is 12.7. The highest BCUT2D eigenvalue weighted by atomic mass is 31.3. The lowest BCUT2D eigenvalue weighted by molar-refractivity contribution is -0.684. The molecule has 28 heteroatoms. The number of nitrogens with zero attached hydrogens (tertiary/aromatic N) is 5. The number of pyridine rings is 1. The number of hydrogen-bond donors (Lipinski definition) is 9. The number of aromatic nitrogens is 3. The lowest BCUT2D eigenvalue weighted by atomic mass is 9.81. The van der Waals surface area contributed by atoms with Crippen LogP contribution in [0.1, 0.15) is 96.4 Å². The number of carbonyl (C=O) groups is 2. The molecule has 6 rings (SSSR count). The SMILES string of the molecule is CC1(C)C(=CC=CC2=Nc3c(ccc[n+]3CCCCCC(=O)NC/C=C/c3cn([C@@H]4O[C@H](COP(=O)(O)OP(=O)(O)OP(=O)(O)O)[C@H](O)C4O)c(=O)[nH]c3=O)C2(C)C)N=C2C1=CC=CN2CCCCCC(=O)O. The minimum Gasteiger partial charge on any atom is -0.481 e. The Kier molecular flexibility index (Phi) is 18.5. The molecule has 0 saturated carbocycles. The summed E-state index contributed by atoms with van der Waals surface area (Å²) in [5, 5.41) is 32.8. The second-order valence-corrected chi connectivity index (χ2v) is 23.0. The van der Waals surface area contributed by atoms with Gasteiger partial charge in [-0.1, -0.05) is 44.6 Å². The number of H-pyrrole nitrogens is 1. The normalized spacial score (nSPS) is 23.3. The number of aromatic amines is 1. The van der Waals surface area contributed by atoms with Gasteiger partial charge >= 0.3 is 40.9 Å². The van der Waals surface area contributed by atoms with E-state index in [9.17, 15) is 52.9 Å². The van der Waals surface area contributed by atoms with Crippen molar-refractivity contribution in [1.82, 2.24) is 19.8 Å². The summed E-state index contributed by atoms with van der Waals surface area (Å²) in [4.78, 5) is 99.6. The van der Waals surface area contributed by atoms with Crippen LogP contribution in [0, 0.1) is 5.41 Å². The number of carboxylic acid groups (broad SMARTS) is 1. The van der Waals surface area contributed by atoms with Crippen LogP contribution in [0.15, 0.2) is 98.0 Å². The van der Waals surface area contributed by atoms with E-state index in [1.54, 1.807) is 0 Å². The van der Waals surface area contributed by atoms with Gasteiger partial charge in [0.2, 0.25) is 5.91 Å². The van der Waals surface area contributed by atoms with Crippen LogP contribution in [0.4, 0.5) is 5.82 Å². The monoisotopic (exact) mass is 1080 g/mol. The number of unbranched alkanes of at least 4 members (excludes halogenated alkanes) is 4. The Morgan fingerprint density at radius 2 is 1.66 bits per heavy atom. The zero-order valence-corrected chi connectivity index (χ0v) is 43.1. The number of allylic oxidation sites excluding steroid dienone is 6. The maximum absolute atomic E-state index is 12.7. The van der Waals surface area contributed by atoms with Crippen LogP contribution < -0.4 is 21.1 Å². The minimum atomic E-state index is -5.84. The van der Waals surface area contributed by atoms with Gasteiger partial charge < -0.3 is 49.8 Å². The van der Waals surface area contributed by atoms with Crippen LogP contribution in [-0.2, 0) is 53.1 Å². The molecule has 398 valence electrons. The van der Waals surface area contributed by atoms with Gasteiger partial charge in [-0.25, -0.2) is 28.0 Å². The summed E-state index contributed by atoms with van der Waals surface area (Å²) >= 11 is 0. The third kappa shape index (κ3) is 14.8. The van der Waals surface area contributed by atoms with Crippen LogP contribution in [0.5, 0.6) is 0 Å². The number of nitrogens with one attached hydrogen (secondary N) is 2. The number of fused-ring (bicyclic) bond motifs is 2. The lowest BCUT2D eigenvalue weighted by Crippen LogP contribution is -2.38. The Hall–Kier alpha value is -5.10. The smallest absolute Gasteiger partial charge is 0.481 e. The van der Waals surface area contributed by atoms with Gasteiger partial charge in [0.1, 0.15) is 24.1 Å². The van der Waals surface area contributed by atoms with Crippen molar-refractivity contribution in [2.24, 2.45) is 15.4 Å². The number of ether oxygens (including phenoxy) is 1. The van der Waals surface area contributed by atoms with Crippen molar-refractivity contribution in [2.75, 3.05) is 19.7 Å². The van der Waals surface area contributed by atoms with Gasteiger partial charge in [0.25, 0.3) is 5.56 Å². The number of aliphatic hydroxyl groups excluding tert-OH is 2. The zero-order valence-electron chi connectivity index (χ0n) is 40.4. The van der Waals surface area contributed by atoms with Crippen LogP contribution in [0.2, 0.25) is 0 Å². The van der Waals surface area contributed by atoms with Crippen molar-refractivity contribution < 1.29 is 80.6 Å². The van der Waals surface area contributed by atoms with E-state index in [2.05, 4.69) is 67.8 Å². The predicted molar refractivity (Wildman–Crippen MR) is 263 cm³/mol. The summed E-state index contributed by atoms with van der Waals surface area (Å²) in [6, 6.07) is 4.09. The second kappa shape index (κ2) is 23.6. The molecule has 0 aromatic carbocycles. The first-order valence-electron chi connectivity index (χ1n) is 23.3. The molecular weight excluding hydrogens is 1020 g/mol. The number of amides is 1. The van der Waals surface area contributed by atoms with E-state index in [1.165, 1.54) is 12.2 Å². The van der Waals surface area contributed by atoms with Gasteiger partial charge in [0.15, 0.2) is 11.9 Å². The number of carbonyl (C=O) groups excluding carboxylic acids is 1.